The molecule has 1 saturated heterocycles. The Kier molecular flexibility index (Phi) is 5.20. The third-order valence-electron chi connectivity index (χ3n) is 3.24. The van der Waals surface area contributed by atoms with Crippen molar-refractivity contribution in [1.29, 1.82) is 0 Å². The normalized spacial score (nSPS) is 22.6. The zero-order valence-corrected chi connectivity index (χ0v) is 13.1. The molecule has 0 aromatic heterocycles. The lowest BCUT2D eigenvalue weighted by molar-refractivity contribution is -0.131. The molecule has 1 fully saturated rings. The highest BCUT2D eigenvalue weighted by Crippen LogP contribution is 2.30. The number of imide groups is 1. The first-order valence-corrected chi connectivity index (χ1v) is 6.94. The summed E-state index contributed by atoms with van der Waals surface area (Å²) in [6.45, 7) is 8.64. The monoisotopic (exact) mass is 301 g/mol. The fourth-order valence-electron chi connectivity index (χ4n) is 2.25. The first-order valence-electron chi connectivity index (χ1n) is 6.94. The highest BCUT2D eigenvalue weighted by molar-refractivity contribution is 5.95. The van der Waals surface area contributed by atoms with Crippen molar-refractivity contribution in [3.05, 3.63) is 0 Å². The molecule has 21 heavy (non-hydrogen) atoms. The Labute approximate surface area is 124 Å². The second kappa shape index (κ2) is 6.32. The van der Waals surface area contributed by atoms with Crippen LogP contribution in [0, 0.1) is 11.8 Å². The molecule has 2 amide bonds. The molecule has 0 spiro atoms. The van der Waals surface area contributed by atoms with Gasteiger partial charge in [-0.15, -0.1) is 0 Å². The zero-order valence-electron chi connectivity index (χ0n) is 13.1. The quantitative estimate of drug-likeness (QED) is 0.805. The minimum atomic E-state index is -1.32. The number of hydrogen-bond donors (Lipinski definition) is 1. The number of ether oxygens (including phenoxy) is 2. The average Bonchev–Trinajstić information content (AvgIpc) is 2.61. The number of likely N-dealkylation sites (tertiary alicyclic amines) is 1. The molecule has 1 aliphatic rings. The SMILES string of the molecule is CC(C)[C@@H]1C[C@@H](COC(=O)OC(C)(C)C)N(C(=O)O)C1=O. The Morgan fingerprint density at radius 3 is 2.38 bits per heavy atom. The first-order chi connectivity index (χ1) is 9.53. The van der Waals surface area contributed by atoms with E-state index in [1.165, 1.54) is 0 Å². The van der Waals surface area contributed by atoms with E-state index in [4.69, 9.17) is 14.6 Å². The Hall–Kier alpha value is -1.79. The summed E-state index contributed by atoms with van der Waals surface area (Å²) in [5.41, 5.74) is -0.685. The molecule has 1 N–H and O–H groups in total. The number of carbonyl (C=O) groups excluding carboxylic acids is 2. The Balaban J connectivity index is 2.66. The molecule has 0 aromatic carbocycles. The van der Waals surface area contributed by atoms with Gasteiger partial charge in [-0.1, -0.05) is 13.8 Å². The predicted molar refractivity (Wildman–Crippen MR) is 73.8 cm³/mol. The van der Waals surface area contributed by atoms with Crippen molar-refractivity contribution in [2.45, 2.75) is 52.7 Å². The smallest absolute Gasteiger partial charge is 0.465 e. The van der Waals surface area contributed by atoms with Gasteiger partial charge >= 0.3 is 12.2 Å². The summed E-state index contributed by atoms with van der Waals surface area (Å²) in [6.07, 6.45) is -1.83. The molecule has 7 nitrogen and oxygen atoms in total. The second-order valence-electron chi connectivity index (χ2n) is 6.51. The fourth-order valence-corrected chi connectivity index (χ4v) is 2.25. The minimum Gasteiger partial charge on any atom is -0.465 e. The van der Waals surface area contributed by atoms with E-state index < -0.39 is 29.8 Å². The molecular weight excluding hydrogens is 278 g/mol. The van der Waals surface area contributed by atoms with Crippen molar-refractivity contribution in [2.75, 3.05) is 6.61 Å². The summed E-state index contributed by atoms with van der Waals surface area (Å²) < 4.78 is 9.92. The number of nitrogens with zero attached hydrogens (tertiary/aromatic N) is 1. The van der Waals surface area contributed by atoms with Crippen molar-refractivity contribution < 1.29 is 29.0 Å². The molecule has 2 atom stereocenters. The van der Waals surface area contributed by atoms with E-state index in [9.17, 15) is 14.4 Å². The standard InChI is InChI=1S/C14H23NO6/c1-8(2)10-6-9(15(11(10)16)12(17)18)7-20-13(19)21-14(3,4)5/h8-10H,6-7H2,1-5H3,(H,17,18)/t9-,10-/m0/s1. The third kappa shape index (κ3) is 4.61. The van der Waals surface area contributed by atoms with Crippen molar-refractivity contribution in [3.63, 3.8) is 0 Å². The highest BCUT2D eigenvalue weighted by Gasteiger charge is 2.45. The van der Waals surface area contributed by atoms with Crippen LogP contribution in [-0.2, 0) is 14.3 Å². The van der Waals surface area contributed by atoms with Crippen molar-refractivity contribution in [3.8, 4) is 0 Å². The summed E-state index contributed by atoms with van der Waals surface area (Å²) >= 11 is 0. The lowest BCUT2D eigenvalue weighted by Gasteiger charge is -2.22. The number of rotatable bonds is 3. The van der Waals surface area contributed by atoms with Gasteiger partial charge in [0.15, 0.2) is 0 Å². The molecule has 0 aliphatic carbocycles. The van der Waals surface area contributed by atoms with Crippen LogP contribution < -0.4 is 0 Å². The Bertz CT molecular complexity index is 426. The maximum absolute atomic E-state index is 12.0. The Morgan fingerprint density at radius 1 is 1.38 bits per heavy atom. The largest absolute Gasteiger partial charge is 0.508 e. The van der Waals surface area contributed by atoms with Gasteiger partial charge in [-0.2, -0.15) is 0 Å². The van der Waals surface area contributed by atoms with Gasteiger partial charge < -0.3 is 14.6 Å². The minimum absolute atomic E-state index is 0.0332. The lowest BCUT2D eigenvalue weighted by atomic mass is 9.93. The Morgan fingerprint density at radius 2 is 1.95 bits per heavy atom. The van der Waals surface area contributed by atoms with Crippen LogP contribution in [0.5, 0.6) is 0 Å². The summed E-state index contributed by atoms with van der Waals surface area (Å²) in [6, 6.07) is -0.657. The third-order valence-corrected chi connectivity index (χ3v) is 3.24. The first kappa shape index (κ1) is 17.3. The van der Waals surface area contributed by atoms with Crippen molar-refractivity contribution in [1.82, 2.24) is 4.90 Å². The summed E-state index contributed by atoms with van der Waals surface area (Å²) in [7, 11) is 0. The van der Waals surface area contributed by atoms with Crippen LogP contribution >= 0.6 is 0 Å². The van der Waals surface area contributed by atoms with Crippen LogP contribution in [0.3, 0.4) is 0 Å². The van der Waals surface area contributed by atoms with E-state index in [0.717, 1.165) is 4.90 Å². The maximum Gasteiger partial charge on any atom is 0.508 e. The van der Waals surface area contributed by atoms with Gasteiger partial charge in [0.05, 0.1) is 6.04 Å². The van der Waals surface area contributed by atoms with Crippen LogP contribution in [0.15, 0.2) is 0 Å². The average molecular weight is 301 g/mol. The van der Waals surface area contributed by atoms with Crippen LogP contribution in [0.4, 0.5) is 9.59 Å². The molecule has 1 heterocycles. The predicted octanol–water partition coefficient (Wildman–Crippen LogP) is 2.49. The van der Waals surface area contributed by atoms with Gasteiger partial charge in [-0.05, 0) is 33.1 Å². The summed E-state index contributed by atoms with van der Waals surface area (Å²) in [4.78, 5) is 35.5. The van der Waals surface area contributed by atoms with Crippen LogP contribution in [-0.4, -0.2) is 46.4 Å². The van der Waals surface area contributed by atoms with Crippen LogP contribution in [0.1, 0.15) is 41.0 Å². The molecule has 7 heteroatoms. The molecule has 1 aliphatic heterocycles. The van der Waals surface area contributed by atoms with E-state index in [0.29, 0.717) is 6.42 Å². The highest BCUT2D eigenvalue weighted by atomic mass is 16.7. The van der Waals surface area contributed by atoms with E-state index in [2.05, 4.69) is 0 Å². The number of carbonyl (C=O) groups is 3. The molecule has 1 rings (SSSR count). The number of hydrogen-bond acceptors (Lipinski definition) is 5. The van der Waals surface area contributed by atoms with Crippen LogP contribution in [0.25, 0.3) is 0 Å². The maximum atomic E-state index is 12.0. The lowest BCUT2D eigenvalue weighted by Crippen LogP contribution is -2.41. The van der Waals surface area contributed by atoms with E-state index in [1.54, 1.807) is 20.8 Å². The van der Waals surface area contributed by atoms with Crippen molar-refractivity contribution >= 4 is 18.2 Å². The van der Waals surface area contributed by atoms with Crippen LogP contribution in [0.2, 0.25) is 0 Å². The molecule has 0 unspecified atom stereocenters. The zero-order chi connectivity index (χ0) is 16.4. The molecule has 0 radical (unpaired) electrons. The second-order valence-corrected chi connectivity index (χ2v) is 6.51. The van der Waals surface area contributed by atoms with E-state index in [1.807, 2.05) is 13.8 Å². The van der Waals surface area contributed by atoms with E-state index in [-0.39, 0.29) is 18.4 Å². The van der Waals surface area contributed by atoms with Crippen molar-refractivity contribution in [2.24, 2.45) is 11.8 Å². The fraction of sp³-hybridized carbons (Fsp3) is 0.786. The van der Waals surface area contributed by atoms with E-state index >= 15 is 0 Å². The number of carboxylic acid groups (broad SMARTS) is 1. The molecule has 120 valence electrons. The summed E-state index contributed by atoms with van der Waals surface area (Å²) in [5.74, 6) is -0.769. The van der Waals surface area contributed by atoms with Gasteiger partial charge in [0.2, 0.25) is 5.91 Å². The van der Waals surface area contributed by atoms with Gasteiger partial charge in [0, 0.05) is 5.92 Å². The van der Waals surface area contributed by atoms with Gasteiger partial charge in [0.25, 0.3) is 0 Å². The molecule has 0 bridgehead atoms. The van der Waals surface area contributed by atoms with Gasteiger partial charge in [-0.25, -0.2) is 14.5 Å². The number of amides is 2. The molecule has 0 aromatic rings. The topological polar surface area (TPSA) is 93.1 Å². The summed E-state index contributed by atoms with van der Waals surface area (Å²) in [5, 5.41) is 9.14. The molecule has 0 saturated carbocycles. The van der Waals surface area contributed by atoms with Gasteiger partial charge in [-0.3, -0.25) is 4.79 Å². The van der Waals surface area contributed by atoms with Gasteiger partial charge in [0.1, 0.15) is 12.2 Å². The molecular formula is C14H23NO6.